The first kappa shape index (κ1) is 19.9. The number of nitrogens with one attached hydrogen (secondary N) is 1. The normalized spacial score (nSPS) is 10.6. The Labute approximate surface area is 165 Å². The molecule has 9 heteroatoms. The van der Waals surface area contributed by atoms with E-state index >= 15 is 0 Å². The van der Waals surface area contributed by atoms with E-state index in [-0.39, 0.29) is 35.0 Å². The first-order valence-corrected chi connectivity index (χ1v) is 8.82. The van der Waals surface area contributed by atoms with Crippen LogP contribution in [0.3, 0.4) is 0 Å². The van der Waals surface area contributed by atoms with Gasteiger partial charge in [0.2, 0.25) is 0 Å². The quantitative estimate of drug-likeness (QED) is 0.484. The Bertz CT molecular complexity index is 1140. The summed E-state index contributed by atoms with van der Waals surface area (Å²) in [5.41, 5.74) is 0.443. The first-order valence-electron chi connectivity index (χ1n) is 8.82. The molecule has 1 N–H and O–H groups in total. The third-order valence-electron chi connectivity index (χ3n) is 4.32. The summed E-state index contributed by atoms with van der Waals surface area (Å²) < 4.78 is 12.3. The van der Waals surface area contributed by atoms with Gasteiger partial charge in [0.15, 0.2) is 6.61 Å². The first-order chi connectivity index (χ1) is 13.9. The summed E-state index contributed by atoms with van der Waals surface area (Å²) in [6.45, 7) is 1.99. The molecule has 0 radical (unpaired) electrons. The third kappa shape index (κ3) is 4.18. The predicted molar refractivity (Wildman–Crippen MR) is 108 cm³/mol. The Kier molecular flexibility index (Phi) is 5.77. The maximum absolute atomic E-state index is 12.3. The molecule has 2 aromatic carbocycles. The molecule has 1 amide bonds. The summed E-state index contributed by atoms with van der Waals surface area (Å²) >= 11 is 0. The van der Waals surface area contributed by atoms with Crippen LogP contribution in [0.25, 0.3) is 10.9 Å². The second kappa shape index (κ2) is 8.42. The minimum absolute atomic E-state index is 0.154. The lowest BCUT2D eigenvalue weighted by atomic mass is 10.2. The number of ether oxygens (including phenoxy) is 2. The van der Waals surface area contributed by atoms with Crippen LogP contribution >= 0.6 is 0 Å². The molecule has 0 saturated carbocycles. The molecule has 0 spiro atoms. The lowest BCUT2D eigenvalue weighted by molar-refractivity contribution is -0.384. The number of hydrogen-bond donors (Lipinski definition) is 1. The second-order valence-corrected chi connectivity index (χ2v) is 6.09. The van der Waals surface area contributed by atoms with Gasteiger partial charge in [-0.15, -0.1) is 0 Å². The zero-order valence-corrected chi connectivity index (χ0v) is 15.9. The van der Waals surface area contributed by atoms with Crippen LogP contribution in [0.4, 0.5) is 11.4 Å². The van der Waals surface area contributed by atoms with E-state index in [0.29, 0.717) is 17.4 Å². The lowest BCUT2D eigenvalue weighted by Gasteiger charge is -2.14. The molecule has 9 nitrogen and oxygen atoms in total. The van der Waals surface area contributed by atoms with E-state index in [4.69, 9.17) is 9.47 Å². The van der Waals surface area contributed by atoms with Crippen molar-refractivity contribution in [1.29, 1.82) is 0 Å². The number of amides is 1. The monoisotopic (exact) mass is 397 g/mol. The number of para-hydroxylation sites is 1. The Hall–Kier alpha value is -3.88. The maximum Gasteiger partial charge on any atom is 0.271 e. The number of aromatic nitrogens is 1. The molecule has 0 atom stereocenters. The van der Waals surface area contributed by atoms with Crippen LogP contribution in [0.15, 0.2) is 53.3 Å². The highest BCUT2D eigenvalue weighted by Crippen LogP contribution is 2.29. The van der Waals surface area contributed by atoms with E-state index < -0.39 is 10.8 Å². The average Bonchev–Trinajstić information content (AvgIpc) is 2.72. The Balaban J connectivity index is 1.81. The molecule has 150 valence electrons. The van der Waals surface area contributed by atoms with Crippen molar-refractivity contribution in [3.05, 3.63) is 69.0 Å². The van der Waals surface area contributed by atoms with E-state index in [1.165, 1.54) is 31.4 Å². The average molecular weight is 397 g/mol. The maximum atomic E-state index is 12.3. The number of nitro benzene ring substituents is 1. The molecule has 0 aliphatic heterocycles. The lowest BCUT2D eigenvalue weighted by Crippen LogP contribution is -2.23. The van der Waals surface area contributed by atoms with Crippen molar-refractivity contribution in [2.75, 3.05) is 19.0 Å². The highest BCUT2D eigenvalue weighted by molar-refractivity contribution is 5.94. The van der Waals surface area contributed by atoms with Gasteiger partial charge in [0, 0.05) is 30.1 Å². The number of nitro groups is 1. The highest BCUT2D eigenvalue weighted by atomic mass is 16.6. The molecule has 0 fully saturated rings. The predicted octanol–water partition coefficient (Wildman–Crippen LogP) is 2.96. The van der Waals surface area contributed by atoms with Crippen LogP contribution in [0.1, 0.15) is 6.92 Å². The number of benzene rings is 2. The summed E-state index contributed by atoms with van der Waals surface area (Å²) in [5.74, 6) is 0.0175. The fourth-order valence-corrected chi connectivity index (χ4v) is 2.99. The van der Waals surface area contributed by atoms with E-state index in [2.05, 4.69) is 5.32 Å². The molecule has 0 saturated heterocycles. The van der Waals surface area contributed by atoms with Crippen LogP contribution in [0, 0.1) is 10.1 Å². The molecule has 3 rings (SSSR count). The number of rotatable bonds is 7. The largest absolute Gasteiger partial charge is 0.495 e. The summed E-state index contributed by atoms with van der Waals surface area (Å²) in [6, 6.07) is 12.5. The summed E-state index contributed by atoms with van der Waals surface area (Å²) in [7, 11) is 1.39. The molecular weight excluding hydrogens is 378 g/mol. The third-order valence-corrected chi connectivity index (χ3v) is 4.32. The van der Waals surface area contributed by atoms with Crippen molar-refractivity contribution >= 4 is 28.2 Å². The van der Waals surface area contributed by atoms with Gasteiger partial charge in [-0.3, -0.25) is 19.7 Å². The summed E-state index contributed by atoms with van der Waals surface area (Å²) in [5, 5.41) is 14.2. The molecule has 0 aliphatic rings. The van der Waals surface area contributed by atoms with Crippen molar-refractivity contribution in [1.82, 2.24) is 4.57 Å². The number of fused-ring (bicyclic) bond motifs is 1. The van der Waals surface area contributed by atoms with Gasteiger partial charge in [-0.25, -0.2) is 0 Å². The topological polar surface area (TPSA) is 113 Å². The number of non-ortho nitro benzene ring substituents is 1. The van der Waals surface area contributed by atoms with E-state index in [1.54, 1.807) is 16.7 Å². The van der Waals surface area contributed by atoms with Gasteiger partial charge in [0.05, 0.1) is 23.2 Å². The number of nitrogens with zero attached hydrogens (tertiary/aromatic N) is 2. The molecule has 3 aromatic rings. The number of aryl methyl sites for hydroxylation is 1. The Morgan fingerprint density at radius 3 is 2.62 bits per heavy atom. The molecule has 0 bridgehead atoms. The van der Waals surface area contributed by atoms with Gasteiger partial charge in [0.25, 0.3) is 17.2 Å². The van der Waals surface area contributed by atoms with Crippen LogP contribution in [0.2, 0.25) is 0 Å². The van der Waals surface area contributed by atoms with Gasteiger partial charge >= 0.3 is 0 Å². The number of carbonyl (C=O) groups excluding carboxylic acids is 1. The summed E-state index contributed by atoms with van der Waals surface area (Å²) in [4.78, 5) is 35.0. The zero-order valence-electron chi connectivity index (χ0n) is 15.9. The number of methoxy groups -OCH3 is 1. The fourth-order valence-electron chi connectivity index (χ4n) is 2.99. The van der Waals surface area contributed by atoms with Gasteiger partial charge in [-0.2, -0.15) is 0 Å². The number of anilines is 1. The Morgan fingerprint density at radius 2 is 1.93 bits per heavy atom. The van der Waals surface area contributed by atoms with E-state index in [9.17, 15) is 19.7 Å². The second-order valence-electron chi connectivity index (χ2n) is 6.09. The number of pyridine rings is 1. The summed E-state index contributed by atoms with van der Waals surface area (Å²) in [6.07, 6.45) is 0. The van der Waals surface area contributed by atoms with Crippen molar-refractivity contribution in [2.45, 2.75) is 13.5 Å². The van der Waals surface area contributed by atoms with Crippen LogP contribution in [0.5, 0.6) is 11.5 Å². The van der Waals surface area contributed by atoms with Crippen LogP contribution in [-0.2, 0) is 11.3 Å². The highest BCUT2D eigenvalue weighted by Gasteiger charge is 2.15. The van der Waals surface area contributed by atoms with Gasteiger partial charge in [-0.05, 0) is 25.1 Å². The minimum Gasteiger partial charge on any atom is -0.495 e. The standard InChI is InChI=1S/C20H19N3O6/c1-3-22-16-7-5-4-6-14(16)18(11-20(22)25)29-12-19(24)21-15-10-13(23(26)27)8-9-17(15)28-2/h4-11H,3,12H2,1-2H3,(H,21,24). The molecule has 0 aliphatic carbocycles. The Morgan fingerprint density at radius 1 is 1.17 bits per heavy atom. The van der Waals surface area contributed by atoms with E-state index in [0.717, 1.165) is 0 Å². The van der Waals surface area contributed by atoms with E-state index in [1.807, 2.05) is 19.1 Å². The molecule has 0 unspecified atom stereocenters. The van der Waals surface area contributed by atoms with Gasteiger partial charge < -0.3 is 19.4 Å². The molecule has 1 heterocycles. The molecule has 1 aromatic heterocycles. The fraction of sp³-hybridized carbons (Fsp3) is 0.200. The molecule has 29 heavy (non-hydrogen) atoms. The molecular formula is C20H19N3O6. The van der Waals surface area contributed by atoms with Gasteiger partial charge in [-0.1, -0.05) is 12.1 Å². The zero-order chi connectivity index (χ0) is 21.0. The van der Waals surface area contributed by atoms with Crippen LogP contribution < -0.4 is 20.3 Å². The minimum atomic E-state index is -0.569. The number of hydrogen-bond acceptors (Lipinski definition) is 6. The van der Waals surface area contributed by atoms with Crippen molar-refractivity contribution < 1.29 is 19.2 Å². The van der Waals surface area contributed by atoms with Crippen molar-refractivity contribution in [2.24, 2.45) is 0 Å². The smallest absolute Gasteiger partial charge is 0.271 e. The van der Waals surface area contributed by atoms with Crippen LogP contribution in [-0.4, -0.2) is 29.1 Å². The van der Waals surface area contributed by atoms with Crippen molar-refractivity contribution in [3.8, 4) is 11.5 Å². The number of carbonyl (C=O) groups is 1. The SMILES string of the molecule is CCn1c(=O)cc(OCC(=O)Nc2cc([N+](=O)[O-])ccc2OC)c2ccccc21. The van der Waals surface area contributed by atoms with Gasteiger partial charge in [0.1, 0.15) is 11.5 Å². The van der Waals surface area contributed by atoms with Crippen molar-refractivity contribution in [3.63, 3.8) is 0 Å².